The molecule has 0 N–H and O–H groups in total. The molecular weight excluding hydrogens is 332 g/mol. The van der Waals surface area contributed by atoms with Crippen molar-refractivity contribution in [3.8, 4) is 0 Å². The number of carbonyl (C=O) groups excluding carboxylic acids is 1. The highest BCUT2D eigenvalue weighted by Crippen LogP contribution is 2.19. The second-order valence-electron chi connectivity index (χ2n) is 6.64. The summed E-state index contributed by atoms with van der Waals surface area (Å²) < 4.78 is 1.43. The number of carbonyl (C=O) groups is 1. The Morgan fingerprint density at radius 2 is 1.85 bits per heavy atom. The van der Waals surface area contributed by atoms with Crippen molar-refractivity contribution in [3.63, 3.8) is 0 Å². The Morgan fingerprint density at radius 3 is 2.50 bits per heavy atom. The SMILES string of the molecule is Cc1nc(N(C)C)cc(N2CCN(C(=O)c3cccn(C)c3=O)CC2)n1. The lowest BCUT2D eigenvalue weighted by molar-refractivity contribution is 0.0744. The van der Waals surface area contributed by atoms with E-state index in [2.05, 4.69) is 14.9 Å². The summed E-state index contributed by atoms with van der Waals surface area (Å²) in [5.74, 6) is 2.24. The number of hydrogen-bond acceptors (Lipinski definition) is 6. The lowest BCUT2D eigenvalue weighted by Crippen LogP contribution is -2.50. The van der Waals surface area contributed by atoms with Gasteiger partial charge in [-0.3, -0.25) is 9.59 Å². The molecular formula is C18H24N6O2. The Morgan fingerprint density at radius 1 is 1.15 bits per heavy atom. The average Bonchev–Trinajstić information content (AvgIpc) is 2.63. The van der Waals surface area contributed by atoms with Crippen LogP contribution in [0.25, 0.3) is 0 Å². The van der Waals surface area contributed by atoms with Crippen molar-refractivity contribution in [2.45, 2.75) is 6.92 Å². The summed E-state index contributed by atoms with van der Waals surface area (Å²) in [6.07, 6.45) is 1.65. The third kappa shape index (κ3) is 3.54. The minimum absolute atomic E-state index is 0.210. The molecule has 3 heterocycles. The van der Waals surface area contributed by atoms with Crippen molar-refractivity contribution in [3.05, 3.63) is 46.1 Å². The topological polar surface area (TPSA) is 74.6 Å². The van der Waals surface area contributed by atoms with Crippen molar-refractivity contribution in [2.75, 3.05) is 50.1 Å². The number of amides is 1. The van der Waals surface area contributed by atoms with Gasteiger partial charge in [0, 0.05) is 59.6 Å². The van der Waals surface area contributed by atoms with Crippen LogP contribution in [0, 0.1) is 6.92 Å². The maximum Gasteiger partial charge on any atom is 0.263 e. The summed E-state index contributed by atoms with van der Waals surface area (Å²) >= 11 is 0. The first-order chi connectivity index (χ1) is 12.4. The lowest BCUT2D eigenvalue weighted by Gasteiger charge is -2.35. The van der Waals surface area contributed by atoms with Crippen LogP contribution in [0.4, 0.5) is 11.6 Å². The van der Waals surface area contributed by atoms with Crippen LogP contribution < -0.4 is 15.4 Å². The molecule has 0 atom stereocenters. The summed E-state index contributed by atoms with van der Waals surface area (Å²) in [4.78, 5) is 39.6. The van der Waals surface area contributed by atoms with E-state index in [1.54, 1.807) is 30.3 Å². The molecule has 8 nitrogen and oxygen atoms in total. The maximum atomic E-state index is 12.7. The fraction of sp³-hybridized carbons (Fsp3) is 0.444. The van der Waals surface area contributed by atoms with E-state index in [-0.39, 0.29) is 17.0 Å². The van der Waals surface area contributed by atoms with Crippen LogP contribution in [0.5, 0.6) is 0 Å². The van der Waals surface area contributed by atoms with Crippen LogP contribution >= 0.6 is 0 Å². The number of piperazine rings is 1. The quantitative estimate of drug-likeness (QED) is 0.798. The molecule has 0 aliphatic carbocycles. The molecule has 0 radical (unpaired) electrons. The first-order valence-electron chi connectivity index (χ1n) is 8.59. The minimum Gasteiger partial charge on any atom is -0.363 e. The molecule has 1 aliphatic rings. The van der Waals surface area contributed by atoms with E-state index in [0.717, 1.165) is 17.5 Å². The number of aromatic nitrogens is 3. The van der Waals surface area contributed by atoms with Crippen LogP contribution in [0.2, 0.25) is 0 Å². The Balaban J connectivity index is 1.72. The van der Waals surface area contributed by atoms with Crippen LogP contribution in [-0.4, -0.2) is 65.6 Å². The fourth-order valence-electron chi connectivity index (χ4n) is 3.00. The highest BCUT2D eigenvalue weighted by Gasteiger charge is 2.25. The van der Waals surface area contributed by atoms with Gasteiger partial charge in [-0.15, -0.1) is 0 Å². The van der Waals surface area contributed by atoms with Crippen molar-refractivity contribution in [1.82, 2.24) is 19.4 Å². The number of pyridine rings is 1. The molecule has 0 aromatic carbocycles. The summed E-state index contributed by atoms with van der Waals surface area (Å²) in [6.45, 7) is 4.32. The molecule has 1 aliphatic heterocycles. The number of anilines is 2. The third-order valence-electron chi connectivity index (χ3n) is 4.51. The summed E-state index contributed by atoms with van der Waals surface area (Å²) in [5.41, 5.74) is -0.0433. The van der Waals surface area contributed by atoms with Gasteiger partial charge in [0.15, 0.2) is 0 Å². The van der Waals surface area contributed by atoms with Crippen molar-refractivity contribution in [1.29, 1.82) is 0 Å². The zero-order valence-corrected chi connectivity index (χ0v) is 15.6. The fourth-order valence-corrected chi connectivity index (χ4v) is 3.00. The molecule has 0 unspecified atom stereocenters. The zero-order chi connectivity index (χ0) is 18.8. The molecule has 138 valence electrons. The maximum absolute atomic E-state index is 12.7. The van der Waals surface area contributed by atoms with Crippen molar-refractivity contribution < 1.29 is 4.79 Å². The van der Waals surface area contributed by atoms with Gasteiger partial charge in [-0.2, -0.15) is 0 Å². The van der Waals surface area contributed by atoms with Gasteiger partial charge < -0.3 is 19.3 Å². The largest absolute Gasteiger partial charge is 0.363 e. The molecule has 0 bridgehead atoms. The predicted molar refractivity (Wildman–Crippen MR) is 101 cm³/mol. The standard InChI is InChI=1S/C18H24N6O2/c1-13-19-15(21(2)3)12-16(20-13)23-8-10-24(11-9-23)18(26)14-6-5-7-22(4)17(14)25/h5-7,12H,8-11H2,1-4H3. The molecule has 2 aromatic rings. The average molecular weight is 356 g/mol. The smallest absolute Gasteiger partial charge is 0.263 e. The van der Waals surface area contributed by atoms with Crippen molar-refractivity contribution in [2.24, 2.45) is 7.05 Å². The molecule has 2 aromatic heterocycles. The summed E-state index contributed by atoms with van der Waals surface area (Å²) in [7, 11) is 5.54. The molecule has 3 rings (SSSR count). The van der Waals surface area contributed by atoms with Gasteiger partial charge in [0.1, 0.15) is 23.0 Å². The predicted octanol–water partition coefficient (Wildman–Crippen LogP) is 0.512. The van der Waals surface area contributed by atoms with Crippen LogP contribution in [0.15, 0.2) is 29.2 Å². The van der Waals surface area contributed by atoms with E-state index < -0.39 is 0 Å². The lowest BCUT2D eigenvalue weighted by atomic mass is 10.2. The molecule has 1 fully saturated rings. The Hall–Kier alpha value is -2.90. The van der Waals surface area contributed by atoms with Gasteiger partial charge in [-0.1, -0.05) is 0 Å². The molecule has 26 heavy (non-hydrogen) atoms. The Labute approximate surface area is 152 Å². The molecule has 8 heteroatoms. The van der Waals surface area contributed by atoms with E-state index >= 15 is 0 Å². The van der Waals surface area contributed by atoms with Gasteiger partial charge in [0.05, 0.1) is 0 Å². The van der Waals surface area contributed by atoms with E-state index in [1.807, 2.05) is 32.0 Å². The second kappa shape index (κ2) is 7.15. The minimum atomic E-state index is -0.262. The number of rotatable bonds is 3. The monoisotopic (exact) mass is 356 g/mol. The Kier molecular flexibility index (Phi) is 4.92. The molecule has 1 saturated heterocycles. The van der Waals surface area contributed by atoms with Crippen LogP contribution in [-0.2, 0) is 7.05 Å². The van der Waals surface area contributed by atoms with E-state index in [0.29, 0.717) is 26.2 Å². The summed E-state index contributed by atoms with van der Waals surface area (Å²) in [5, 5.41) is 0. The van der Waals surface area contributed by atoms with Gasteiger partial charge in [0.25, 0.3) is 11.5 Å². The first kappa shape index (κ1) is 17.9. The van der Waals surface area contributed by atoms with Crippen LogP contribution in [0.1, 0.15) is 16.2 Å². The highest BCUT2D eigenvalue weighted by atomic mass is 16.2. The van der Waals surface area contributed by atoms with E-state index in [1.165, 1.54) is 4.57 Å². The number of hydrogen-bond donors (Lipinski definition) is 0. The van der Waals surface area contributed by atoms with Crippen molar-refractivity contribution >= 4 is 17.5 Å². The van der Waals surface area contributed by atoms with Crippen LogP contribution in [0.3, 0.4) is 0 Å². The Bertz CT molecular complexity index is 868. The summed E-state index contributed by atoms with van der Waals surface area (Å²) in [6, 6.07) is 5.27. The van der Waals surface area contributed by atoms with Gasteiger partial charge in [0.2, 0.25) is 0 Å². The third-order valence-corrected chi connectivity index (χ3v) is 4.51. The van der Waals surface area contributed by atoms with Gasteiger partial charge >= 0.3 is 0 Å². The molecule has 0 spiro atoms. The van der Waals surface area contributed by atoms with E-state index in [9.17, 15) is 9.59 Å². The molecule has 0 saturated carbocycles. The normalized spacial score (nSPS) is 14.5. The highest BCUT2D eigenvalue weighted by molar-refractivity contribution is 5.94. The van der Waals surface area contributed by atoms with Gasteiger partial charge in [-0.25, -0.2) is 9.97 Å². The molecule has 1 amide bonds. The first-order valence-corrected chi connectivity index (χ1v) is 8.59. The number of aryl methyl sites for hydroxylation is 2. The second-order valence-corrected chi connectivity index (χ2v) is 6.64. The van der Waals surface area contributed by atoms with E-state index in [4.69, 9.17) is 0 Å². The van der Waals surface area contributed by atoms with Gasteiger partial charge in [-0.05, 0) is 19.1 Å². The zero-order valence-electron chi connectivity index (χ0n) is 15.6. The number of nitrogens with zero attached hydrogens (tertiary/aromatic N) is 6.